The lowest BCUT2D eigenvalue weighted by Crippen LogP contribution is -2.43. The van der Waals surface area contributed by atoms with Crippen LogP contribution in [0.25, 0.3) is 27.2 Å². The Morgan fingerprint density at radius 1 is 1.19 bits per heavy atom. The molecule has 254 valence electrons. The van der Waals surface area contributed by atoms with Crippen molar-refractivity contribution < 1.29 is 30.4 Å². The van der Waals surface area contributed by atoms with Crippen LogP contribution in [0.15, 0.2) is 23.1 Å². The van der Waals surface area contributed by atoms with E-state index < -0.39 is 45.1 Å². The molecule has 0 spiro atoms. The van der Waals surface area contributed by atoms with E-state index >= 15 is 0 Å². The number of halogens is 2. The normalized spacial score (nSPS) is 19.0. The number of fused-ring (bicyclic) bond motifs is 1. The smallest absolute Gasteiger partial charge is 0.291 e. The zero-order chi connectivity index (χ0) is 33.9. The first-order valence-corrected chi connectivity index (χ1v) is 22.9. The molecule has 1 aromatic carbocycles. The number of nitriles is 1. The van der Waals surface area contributed by atoms with Gasteiger partial charge in [-0.15, -0.1) is 10.2 Å². The van der Waals surface area contributed by atoms with Crippen LogP contribution in [-0.2, 0) is 31.8 Å². The van der Waals surface area contributed by atoms with Crippen LogP contribution < -0.4 is 0 Å². The SMILES string of the molecule is Cn1nc(-c2nnc(C(F)F)s2)c2cc(S(=O)(=O)N(COCC[Si](C)(C)C)C3(C#N)CC3)cc(C3=CCN(S(=O)(=O)C4CC4)CC3)c21. The van der Waals surface area contributed by atoms with Gasteiger partial charge < -0.3 is 4.74 Å². The maximum atomic E-state index is 14.5. The van der Waals surface area contributed by atoms with Crippen LogP contribution in [0.2, 0.25) is 25.7 Å². The summed E-state index contributed by atoms with van der Waals surface area (Å²) >= 11 is 0.673. The highest BCUT2D eigenvalue weighted by Gasteiger charge is 2.54. The van der Waals surface area contributed by atoms with E-state index in [1.165, 1.54) is 16.4 Å². The lowest BCUT2D eigenvalue weighted by molar-refractivity contribution is 0.0660. The molecule has 1 aliphatic heterocycles. The molecule has 0 bridgehead atoms. The van der Waals surface area contributed by atoms with E-state index in [4.69, 9.17) is 4.74 Å². The summed E-state index contributed by atoms with van der Waals surface area (Å²) in [6, 6.07) is 5.98. The Labute approximate surface area is 278 Å². The molecule has 3 aliphatic rings. The summed E-state index contributed by atoms with van der Waals surface area (Å²) in [7, 11) is -7.55. The molecule has 12 nitrogen and oxygen atoms in total. The molecule has 2 fully saturated rings. The number of sulfonamides is 2. The number of benzene rings is 1. The van der Waals surface area contributed by atoms with Crippen LogP contribution in [0.3, 0.4) is 0 Å². The molecule has 0 saturated heterocycles. The van der Waals surface area contributed by atoms with Gasteiger partial charge in [0.2, 0.25) is 20.0 Å². The van der Waals surface area contributed by atoms with E-state index in [9.17, 15) is 30.9 Å². The summed E-state index contributed by atoms with van der Waals surface area (Å²) in [5.74, 6) is 0. The number of alkyl halides is 2. The van der Waals surface area contributed by atoms with Gasteiger partial charge in [-0.1, -0.05) is 37.1 Å². The molecule has 2 aliphatic carbocycles. The fourth-order valence-corrected chi connectivity index (χ4v) is 10.6. The van der Waals surface area contributed by atoms with Crippen molar-refractivity contribution in [1.82, 2.24) is 28.6 Å². The average Bonchev–Trinajstić information content (AvgIpc) is 3.94. The third-order valence-electron chi connectivity index (χ3n) is 8.77. The number of rotatable bonds is 13. The number of hydrogen-bond donors (Lipinski definition) is 0. The molecule has 0 radical (unpaired) electrons. The Kier molecular flexibility index (Phi) is 8.98. The molecule has 18 heteroatoms. The summed E-state index contributed by atoms with van der Waals surface area (Å²) in [4.78, 5) is -0.114. The van der Waals surface area contributed by atoms with E-state index in [2.05, 4.69) is 41.0 Å². The summed E-state index contributed by atoms with van der Waals surface area (Å²) in [5, 5.41) is 21.8. The zero-order valence-corrected chi connectivity index (χ0v) is 30.1. The zero-order valence-electron chi connectivity index (χ0n) is 26.6. The summed E-state index contributed by atoms with van der Waals surface area (Å²) < 4.78 is 91.8. The van der Waals surface area contributed by atoms with Crippen molar-refractivity contribution in [3.05, 3.63) is 28.8 Å². The summed E-state index contributed by atoms with van der Waals surface area (Å²) in [6.07, 6.45) is 1.31. The minimum absolute atomic E-state index is 0.105. The van der Waals surface area contributed by atoms with Crippen molar-refractivity contribution in [1.29, 1.82) is 5.26 Å². The second-order valence-electron chi connectivity index (χ2n) is 13.5. The molecule has 0 amide bonds. The molecule has 0 atom stereocenters. The van der Waals surface area contributed by atoms with Crippen molar-refractivity contribution in [3.8, 4) is 16.8 Å². The molecule has 47 heavy (non-hydrogen) atoms. The average molecular weight is 726 g/mol. The van der Waals surface area contributed by atoms with Crippen LogP contribution in [0.5, 0.6) is 0 Å². The van der Waals surface area contributed by atoms with Gasteiger partial charge in [0.1, 0.15) is 18.0 Å². The molecule has 0 N–H and O–H groups in total. The van der Waals surface area contributed by atoms with Crippen LogP contribution >= 0.6 is 11.3 Å². The summed E-state index contributed by atoms with van der Waals surface area (Å²) in [5.41, 5.74) is 0.744. The van der Waals surface area contributed by atoms with Crippen molar-refractivity contribution in [2.45, 2.75) is 79.9 Å². The van der Waals surface area contributed by atoms with E-state index in [0.717, 1.165) is 15.9 Å². The second-order valence-corrected chi connectivity index (χ2v) is 24.2. The molecule has 3 aromatic rings. The molecule has 2 aromatic heterocycles. The predicted molar refractivity (Wildman–Crippen MR) is 176 cm³/mol. The van der Waals surface area contributed by atoms with Crippen LogP contribution in [0.4, 0.5) is 8.78 Å². The van der Waals surface area contributed by atoms with E-state index in [1.807, 2.05) is 0 Å². The third-order valence-corrected chi connectivity index (χ3v) is 15.6. The number of ether oxygens (including phenoxy) is 1. The Bertz CT molecular complexity index is 1990. The first kappa shape index (κ1) is 34.2. The second kappa shape index (κ2) is 12.3. The Morgan fingerprint density at radius 2 is 1.91 bits per heavy atom. The maximum Gasteiger partial charge on any atom is 0.291 e. The highest BCUT2D eigenvalue weighted by molar-refractivity contribution is 7.90. The fraction of sp³-hybridized carbons (Fsp3) is 0.586. The van der Waals surface area contributed by atoms with Gasteiger partial charge in [-0.2, -0.15) is 19.0 Å². The molecule has 6 rings (SSSR count). The van der Waals surface area contributed by atoms with Crippen molar-refractivity contribution >= 4 is 55.9 Å². The first-order chi connectivity index (χ1) is 22.1. The number of hydrogen-bond acceptors (Lipinski definition) is 10. The first-order valence-electron chi connectivity index (χ1n) is 15.4. The van der Waals surface area contributed by atoms with Gasteiger partial charge in [0.25, 0.3) is 6.43 Å². The van der Waals surface area contributed by atoms with Gasteiger partial charge in [-0.25, -0.2) is 25.6 Å². The third kappa shape index (κ3) is 6.67. The Hall–Kier alpha value is -2.66. The molecular weight excluding hydrogens is 689 g/mol. The largest absolute Gasteiger partial charge is 0.365 e. The predicted octanol–water partition coefficient (Wildman–Crippen LogP) is 4.97. The van der Waals surface area contributed by atoms with Gasteiger partial charge >= 0.3 is 0 Å². The van der Waals surface area contributed by atoms with E-state index in [1.54, 1.807) is 17.8 Å². The van der Waals surface area contributed by atoms with Crippen LogP contribution in [0, 0.1) is 11.3 Å². The number of nitrogens with zero attached hydrogens (tertiary/aromatic N) is 7. The van der Waals surface area contributed by atoms with Crippen molar-refractivity contribution in [2.24, 2.45) is 7.05 Å². The molecule has 2 saturated carbocycles. The topological polar surface area (TPSA) is 151 Å². The standard InChI is InChI=1S/C29H37F2N7O5S3Si/c1-36-25-22(19-7-11-37(12-8-19)45(39,40)20-5-6-20)15-21(16-23(25)24(35-36)27-33-34-28(44-27)26(30)31)46(41,42)38(29(17-32)9-10-29)18-43-13-14-47(2,3)4/h7,15-16,20,26H,5-6,8-14,18H2,1-4H3. The molecule has 0 unspecified atom stereocenters. The molecular formula is C29H37F2N7O5S3Si. The lowest BCUT2D eigenvalue weighted by Gasteiger charge is -2.28. The van der Waals surface area contributed by atoms with Crippen LogP contribution in [0.1, 0.15) is 49.1 Å². The lowest BCUT2D eigenvalue weighted by atomic mass is 9.97. The number of aryl methyl sites for hydroxylation is 1. The van der Waals surface area contributed by atoms with Gasteiger partial charge in [0.15, 0.2) is 10.0 Å². The van der Waals surface area contributed by atoms with Gasteiger partial charge in [-0.05, 0) is 55.9 Å². The highest BCUT2D eigenvalue weighted by atomic mass is 32.2. The van der Waals surface area contributed by atoms with E-state index in [0.29, 0.717) is 66.5 Å². The van der Waals surface area contributed by atoms with Crippen molar-refractivity contribution in [3.63, 3.8) is 0 Å². The minimum atomic E-state index is -4.34. The van der Waals surface area contributed by atoms with Gasteiger partial charge in [0.05, 0.1) is 21.7 Å². The van der Waals surface area contributed by atoms with Crippen molar-refractivity contribution in [2.75, 3.05) is 26.4 Å². The number of aromatic nitrogens is 4. The molecule has 3 heterocycles. The maximum absolute atomic E-state index is 14.5. The quantitative estimate of drug-likeness (QED) is 0.135. The monoisotopic (exact) mass is 725 g/mol. The fourth-order valence-electron chi connectivity index (χ4n) is 5.68. The highest BCUT2D eigenvalue weighted by Crippen LogP contribution is 2.46. The van der Waals surface area contributed by atoms with E-state index in [-0.39, 0.29) is 40.7 Å². The van der Waals surface area contributed by atoms with Gasteiger partial charge in [-0.3, -0.25) is 4.68 Å². The van der Waals surface area contributed by atoms with Crippen LogP contribution in [-0.4, -0.2) is 90.7 Å². The van der Waals surface area contributed by atoms with Gasteiger partial charge in [0, 0.05) is 45.8 Å². The summed E-state index contributed by atoms with van der Waals surface area (Å²) in [6.45, 7) is 7.00. The Balaban J connectivity index is 1.46. The Morgan fingerprint density at radius 3 is 2.47 bits per heavy atom. The minimum Gasteiger partial charge on any atom is -0.365 e.